The van der Waals surface area contributed by atoms with Crippen molar-refractivity contribution in [3.63, 3.8) is 0 Å². The Kier molecular flexibility index (Phi) is 7.78. The van der Waals surface area contributed by atoms with Crippen LogP contribution in [0.5, 0.6) is 0 Å². The zero-order chi connectivity index (χ0) is 19.1. The summed E-state index contributed by atoms with van der Waals surface area (Å²) < 4.78 is 21.2. The van der Waals surface area contributed by atoms with Crippen molar-refractivity contribution in [1.29, 1.82) is 0 Å². The fraction of sp³-hybridized carbons (Fsp3) is 0.733. The molecule has 10 heteroatoms. The highest BCUT2D eigenvalue weighted by molar-refractivity contribution is 5.73. The number of carbonyl (C=O) groups excluding carboxylic acids is 4. The third-order valence-corrected chi connectivity index (χ3v) is 3.40. The highest BCUT2D eigenvalue weighted by Crippen LogP contribution is 2.26. The summed E-state index contributed by atoms with van der Waals surface area (Å²) in [5.41, 5.74) is 0. The van der Waals surface area contributed by atoms with Crippen LogP contribution in [0.15, 0.2) is 0 Å². The highest BCUT2D eigenvalue weighted by atomic mass is 16.6. The van der Waals surface area contributed by atoms with Gasteiger partial charge in [-0.3, -0.25) is 24.5 Å². The van der Waals surface area contributed by atoms with E-state index in [1.54, 1.807) is 7.05 Å². The first-order valence-corrected chi connectivity index (χ1v) is 7.73. The molecule has 5 atom stereocenters. The Hall–Kier alpha value is -2.20. The van der Waals surface area contributed by atoms with Crippen molar-refractivity contribution in [2.24, 2.45) is 0 Å². The number of likely N-dealkylation sites (N-methyl/N-ethyl adjacent to an activating group) is 1. The maximum absolute atomic E-state index is 11.5. The summed E-state index contributed by atoms with van der Waals surface area (Å²) in [6, 6.07) is -0.815. The Morgan fingerprint density at radius 3 is 1.92 bits per heavy atom. The number of esters is 3. The van der Waals surface area contributed by atoms with Gasteiger partial charge in [0.05, 0.1) is 0 Å². The standard InChI is InChI=1S/C15H24N2O8/c1-7(18)17-12-14(24-10(4)21)13(23-9(3)20)11(6-22-8(2)19)25-15(12)16-5/h11-16H,6H2,1-5H3,(H,17,18). The molecule has 0 aromatic rings. The van der Waals surface area contributed by atoms with Gasteiger partial charge in [-0.1, -0.05) is 0 Å². The third-order valence-electron chi connectivity index (χ3n) is 3.40. The Morgan fingerprint density at radius 1 is 0.920 bits per heavy atom. The molecule has 1 aliphatic heterocycles. The summed E-state index contributed by atoms with van der Waals surface area (Å²) in [6.45, 7) is 4.69. The van der Waals surface area contributed by atoms with Crippen LogP contribution in [0.4, 0.5) is 0 Å². The minimum Gasteiger partial charge on any atom is -0.463 e. The molecule has 0 saturated carbocycles. The van der Waals surface area contributed by atoms with Gasteiger partial charge in [-0.2, -0.15) is 0 Å². The normalized spacial score (nSPS) is 28.6. The maximum atomic E-state index is 11.5. The SMILES string of the molecule is CNC1OC(COC(C)=O)C(OC(C)=O)C(OC(C)=O)C1NC(C)=O. The lowest BCUT2D eigenvalue weighted by atomic mass is 9.95. The molecular weight excluding hydrogens is 336 g/mol. The van der Waals surface area contributed by atoms with Crippen molar-refractivity contribution in [1.82, 2.24) is 10.6 Å². The zero-order valence-electron chi connectivity index (χ0n) is 14.9. The molecule has 0 spiro atoms. The van der Waals surface area contributed by atoms with E-state index in [0.717, 1.165) is 0 Å². The predicted octanol–water partition coefficient (Wildman–Crippen LogP) is -1.14. The molecule has 0 aliphatic carbocycles. The lowest BCUT2D eigenvalue weighted by Crippen LogP contribution is -2.68. The topological polar surface area (TPSA) is 129 Å². The van der Waals surface area contributed by atoms with Crippen LogP contribution in [0.25, 0.3) is 0 Å². The van der Waals surface area contributed by atoms with Gasteiger partial charge in [0.25, 0.3) is 0 Å². The molecule has 0 aromatic heterocycles. The minimum absolute atomic E-state index is 0.212. The van der Waals surface area contributed by atoms with Gasteiger partial charge in [0, 0.05) is 27.7 Å². The number of rotatable bonds is 6. The molecule has 25 heavy (non-hydrogen) atoms. The Labute approximate surface area is 145 Å². The molecule has 142 valence electrons. The summed E-state index contributed by atoms with van der Waals surface area (Å²) in [4.78, 5) is 45.6. The first kappa shape index (κ1) is 20.8. The van der Waals surface area contributed by atoms with Crippen molar-refractivity contribution in [3.05, 3.63) is 0 Å². The third kappa shape index (κ3) is 6.31. The van der Waals surface area contributed by atoms with Crippen LogP contribution >= 0.6 is 0 Å². The summed E-state index contributed by atoms with van der Waals surface area (Å²) in [5, 5.41) is 5.47. The smallest absolute Gasteiger partial charge is 0.303 e. The average molecular weight is 360 g/mol. The maximum Gasteiger partial charge on any atom is 0.303 e. The number of hydrogen-bond donors (Lipinski definition) is 2. The second kappa shape index (κ2) is 9.33. The highest BCUT2D eigenvalue weighted by Gasteiger charge is 2.50. The van der Waals surface area contributed by atoms with Crippen LogP contribution in [0.2, 0.25) is 0 Å². The van der Waals surface area contributed by atoms with Gasteiger partial charge in [0.15, 0.2) is 12.2 Å². The van der Waals surface area contributed by atoms with Crippen LogP contribution in [-0.2, 0) is 38.1 Å². The zero-order valence-corrected chi connectivity index (χ0v) is 14.9. The molecule has 1 fully saturated rings. The number of hydrogen-bond acceptors (Lipinski definition) is 9. The molecule has 1 rings (SSSR count). The van der Waals surface area contributed by atoms with Crippen LogP contribution < -0.4 is 10.6 Å². The van der Waals surface area contributed by atoms with E-state index >= 15 is 0 Å². The van der Waals surface area contributed by atoms with Crippen molar-refractivity contribution in [2.75, 3.05) is 13.7 Å². The van der Waals surface area contributed by atoms with E-state index in [-0.39, 0.29) is 12.5 Å². The van der Waals surface area contributed by atoms with Gasteiger partial charge in [-0.05, 0) is 7.05 Å². The molecule has 1 saturated heterocycles. The molecule has 2 N–H and O–H groups in total. The predicted molar refractivity (Wildman–Crippen MR) is 83.1 cm³/mol. The van der Waals surface area contributed by atoms with Crippen LogP contribution in [0, 0.1) is 0 Å². The van der Waals surface area contributed by atoms with Crippen molar-refractivity contribution in [3.8, 4) is 0 Å². The van der Waals surface area contributed by atoms with Gasteiger partial charge in [0.2, 0.25) is 5.91 Å². The van der Waals surface area contributed by atoms with E-state index in [9.17, 15) is 19.2 Å². The number of nitrogens with one attached hydrogen (secondary N) is 2. The number of amides is 1. The molecular formula is C15H24N2O8. The van der Waals surface area contributed by atoms with E-state index in [4.69, 9.17) is 18.9 Å². The second-order valence-corrected chi connectivity index (χ2v) is 5.56. The van der Waals surface area contributed by atoms with Crippen LogP contribution in [-0.4, -0.2) is 68.1 Å². The van der Waals surface area contributed by atoms with Gasteiger partial charge < -0.3 is 24.3 Å². The van der Waals surface area contributed by atoms with Crippen molar-refractivity contribution >= 4 is 23.8 Å². The largest absolute Gasteiger partial charge is 0.463 e. The van der Waals surface area contributed by atoms with E-state index in [1.165, 1.54) is 27.7 Å². The molecule has 5 unspecified atom stereocenters. The Bertz CT molecular complexity index is 524. The quantitative estimate of drug-likeness (QED) is 0.446. The molecule has 1 heterocycles. The van der Waals surface area contributed by atoms with Gasteiger partial charge >= 0.3 is 17.9 Å². The molecule has 1 amide bonds. The Balaban J connectivity index is 3.18. The summed E-state index contributed by atoms with van der Waals surface area (Å²) in [6.07, 6.45) is -3.75. The van der Waals surface area contributed by atoms with Crippen LogP contribution in [0.3, 0.4) is 0 Å². The van der Waals surface area contributed by atoms with Crippen molar-refractivity contribution < 1.29 is 38.1 Å². The fourth-order valence-electron chi connectivity index (χ4n) is 2.58. The van der Waals surface area contributed by atoms with Crippen LogP contribution in [0.1, 0.15) is 27.7 Å². The number of carbonyl (C=O) groups is 4. The van der Waals surface area contributed by atoms with E-state index in [0.29, 0.717) is 0 Å². The summed E-state index contributed by atoms with van der Waals surface area (Å²) >= 11 is 0. The lowest BCUT2D eigenvalue weighted by molar-refractivity contribution is -0.227. The Morgan fingerprint density at radius 2 is 1.48 bits per heavy atom. The first-order chi connectivity index (χ1) is 11.6. The van der Waals surface area contributed by atoms with Gasteiger partial charge in [0.1, 0.15) is 25.0 Å². The molecule has 0 aromatic carbocycles. The number of ether oxygens (including phenoxy) is 4. The minimum atomic E-state index is -1.07. The second-order valence-electron chi connectivity index (χ2n) is 5.56. The lowest BCUT2D eigenvalue weighted by Gasteiger charge is -2.45. The average Bonchev–Trinajstić information content (AvgIpc) is 2.48. The molecule has 10 nitrogen and oxygen atoms in total. The van der Waals surface area contributed by atoms with E-state index in [1.807, 2.05) is 0 Å². The molecule has 0 bridgehead atoms. The monoisotopic (exact) mass is 360 g/mol. The van der Waals surface area contributed by atoms with Crippen molar-refractivity contribution in [2.45, 2.75) is 58.3 Å². The van der Waals surface area contributed by atoms with Gasteiger partial charge in [-0.25, -0.2) is 0 Å². The summed E-state index contributed by atoms with van der Waals surface area (Å²) in [5.74, 6) is -2.19. The fourth-order valence-corrected chi connectivity index (χ4v) is 2.58. The van der Waals surface area contributed by atoms with Gasteiger partial charge in [-0.15, -0.1) is 0 Å². The molecule has 1 aliphatic rings. The first-order valence-electron chi connectivity index (χ1n) is 7.73. The van der Waals surface area contributed by atoms with E-state index in [2.05, 4.69) is 10.6 Å². The summed E-state index contributed by atoms with van der Waals surface area (Å²) in [7, 11) is 1.58. The van der Waals surface area contributed by atoms with E-state index < -0.39 is 48.5 Å². The molecule has 0 radical (unpaired) electrons.